The van der Waals surface area contributed by atoms with Crippen LogP contribution in [0, 0.1) is 0 Å². The number of anilines is 2. The summed E-state index contributed by atoms with van der Waals surface area (Å²) in [7, 11) is 1.62. The summed E-state index contributed by atoms with van der Waals surface area (Å²) < 4.78 is 5.40. The number of para-hydroxylation sites is 1. The molecule has 4 rings (SSSR count). The molecular formula is C28H25N3O3S2. The minimum atomic E-state index is -0.335. The van der Waals surface area contributed by atoms with E-state index in [-0.39, 0.29) is 17.1 Å². The van der Waals surface area contributed by atoms with Crippen molar-refractivity contribution in [1.29, 1.82) is 0 Å². The molecule has 8 heteroatoms. The third-order valence-corrected chi connectivity index (χ3v) is 7.02. The fourth-order valence-corrected chi connectivity index (χ4v) is 4.89. The highest BCUT2D eigenvalue weighted by Crippen LogP contribution is 2.32. The molecule has 1 aromatic heterocycles. The molecule has 0 saturated heterocycles. The van der Waals surface area contributed by atoms with Crippen molar-refractivity contribution in [1.82, 2.24) is 4.98 Å². The van der Waals surface area contributed by atoms with E-state index in [2.05, 4.69) is 15.6 Å². The number of thioether (sulfide) groups is 1. The molecule has 0 bridgehead atoms. The van der Waals surface area contributed by atoms with E-state index in [9.17, 15) is 9.59 Å². The van der Waals surface area contributed by atoms with Crippen molar-refractivity contribution in [2.75, 3.05) is 17.7 Å². The smallest absolute Gasteiger partial charge is 0.248 e. The van der Waals surface area contributed by atoms with Gasteiger partial charge in [-0.2, -0.15) is 0 Å². The van der Waals surface area contributed by atoms with Gasteiger partial charge in [0.25, 0.3) is 0 Å². The van der Waals surface area contributed by atoms with Crippen molar-refractivity contribution in [3.05, 3.63) is 95.9 Å². The zero-order chi connectivity index (χ0) is 25.3. The first-order valence-corrected chi connectivity index (χ1v) is 13.0. The van der Waals surface area contributed by atoms with E-state index in [0.29, 0.717) is 10.8 Å². The van der Waals surface area contributed by atoms with E-state index in [1.165, 1.54) is 29.2 Å². The molecule has 0 radical (unpaired) electrons. The number of amides is 2. The van der Waals surface area contributed by atoms with Crippen LogP contribution in [0.1, 0.15) is 12.5 Å². The molecule has 36 heavy (non-hydrogen) atoms. The summed E-state index contributed by atoms with van der Waals surface area (Å²) in [6.45, 7) is 1.85. The molecule has 6 nitrogen and oxygen atoms in total. The van der Waals surface area contributed by atoms with Crippen molar-refractivity contribution >= 4 is 51.8 Å². The fraction of sp³-hybridized carbons (Fsp3) is 0.107. The normalized spacial score (nSPS) is 11.7. The van der Waals surface area contributed by atoms with Gasteiger partial charge in [0.1, 0.15) is 5.75 Å². The number of aromatic nitrogens is 1. The molecule has 2 N–H and O–H groups in total. The van der Waals surface area contributed by atoms with E-state index in [1.807, 2.05) is 91.2 Å². The van der Waals surface area contributed by atoms with Gasteiger partial charge in [-0.1, -0.05) is 42.5 Å². The molecule has 1 heterocycles. The standard InChI is InChI=1S/C28H25N3O3S2/c1-19(27(33)31-28-30-24(18-35-28)23-10-6-7-11-25(23)34-2)36-22-15-13-21(14-16-22)29-26(32)17-12-20-8-4-3-5-9-20/h3-19H,1-2H3,(H,29,32)(H,30,31,33)/b17-12+. The average Bonchev–Trinajstić information content (AvgIpc) is 3.37. The maximum atomic E-state index is 12.7. The second-order valence-corrected chi connectivity index (χ2v) is 10.0. The van der Waals surface area contributed by atoms with Crippen molar-refractivity contribution in [3.8, 4) is 17.0 Å². The first-order valence-electron chi connectivity index (χ1n) is 11.2. The summed E-state index contributed by atoms with van der Waals surface area (Å²) >= 11 is 2.81. The van der Waals surface area contributed by atoms with Gasteiger partial charge in [0, 0.05) is 27.6 Å². The maximum absolute atomic E-state index is 12.7. The molecule has 0 aliphatic rings. The van der Waals surface area contributed by atoms with Crippen LogP contribution in [0.15, 0.2) is 95.2 Å². The number of carbonyl (C=O) groups excluding carboxylic acids is 2. The number of hydrogen-bond donors (Lipinski definition) is 2. The Morgan fingerprint density at radius 1 is 0.972 bits per heavy atom. The molecule has 0 aliphatic carbocycles. The van der Waals surface area contributed by atoms with E-state index >= 15 is 0 Å². The largest absolute Gasteiger partial charge is 0.496 e. The quantitative estimate of drug-likeness (QED) is 0.194. The highest BCUT2D eigenvalue weighted by molar-refractivity contribution is 8.00. The number of nitrogens with one attached hydrogen (secondary N) is 2. The van der Waals surface area contributed by atoms with E-state index in [4.69, 9.17) is 4.74 Å². The minimum absolute atomic E-state index is 0.135. The highest BCUT2D eigenvalue weighted by Gasteiger charge is 2.17. The highest BCUT2D eigenvalue weighted by atomic mass is 32.2. The fourth-order valence-electron chi connectivity index (χ4n) is 3.31. The molecule has 0 fully saturated rings. The van der Waals surface area contributed by atoms with Crippen molar-refractivity contribution in [3.63, 3.8) is 0 Å². The SMILES string of the molecule is COc1ccccc1-c1csc(NC(=O)C(C)Sc2ccc(NC(=O)/C=C/c3ccccc3)cc2)n1. The molecular weight excluding hydrogens is 490 g/mol. The second-order valence-electron chi connectivity index (χ2n) is 7.75. The Bertz CT molecular complexity index is 1350. The van der Waals surface area contributed by atoms with Crippen LogP contribution < -0.4 is 15.4 Å². The van der Waals surface area contributed by atoms with E-state index in [1.54, 1.807) is 13.2 Å². The van der Waals surface area contributed by atoms with Crippen LogP contribution in [0.2, 0.25) is 0 Å². The summed E-state index contributed by atoms with van der Waals surface area (Å²) in [5, 5.41) is 7.84. The molecule has 182 valence electrons. The Labute approximate surface area is 218 Å². The van der Waals surface area contributed by atoms with Gasteiger partial charge in [0.15, 0.2) is 5.13 Å². The third kappa shape index (κ3) is 6.84. The lowest BCUT2D eigenvalue weighted by Gasteiger charge is -2.11. The van der Waals surface area contributed by atoms with Gasteiger partial charge in [-0.15, -0.1) is 23.1 Å². The van der Waals surface area contributed by atoms with Crippen molar-refractivity contribution < 1.29 is 14.3 Å². The first kappa shape index (κ1) is 25.2. The number of carbonyl (C=O) groups is 2. The van der Waals surface area contributed by atoms with Crippen molar-refractivity contribution in [2.45, 2.75) is 17.1 Å². The maximum Gasteiger partial charge on any atom is 0.248 e. The van der Waals surface area contributed by atoms with Crippen LogP contribution in [0.5, 0.6) is 5.75 Å². The summed E-state index contributed by atoms with van der Waals surface area (Å²) in [4.78, 5) is 30.4. The lowest BCUT2D eigenvalue weighted by molar-refractivity contribution is -0.115. The number of hydrogen-bond acceptors (Lipinski definition) is 6. The minimum Gasteiger partial charge on any atom is -0.496 e. The molecule has 0 saturated carbocycles. The van der Waals surface area contributed by atoms with Crippen LogP contribution in [-0.4, -0.2) is 29.2 Å². The van der Waals surface area contributed by atoms with E-state index < -0.39 is 0 Å². The van der Waals surface area contributed by atoms with Crippen LogP contribution in [0.4, 0.5) is 10.8 Å². The zero-order valence-corrected chi connectivity index (χ0v) is 21.4. The lowest BCUT2D eigenvalue weighted by atomic mass is 10.1. The Balaban J connectivity index is 1.30. The molecule has 3 aromatic carbocycles. The summed E-state index contributed by atoms with van der Waals surface area (Å²) in [5.74, 6) is 0.392. The van der Waals surface area contributed by atoms with Gasteiger partial charge in [-0.05, 0) is 55.0 Å². The van der Waals surface area contributed by atoms with Gasteiger partial charge in [0.05, 0.1) is 18.1 Å². The topological polar surface area (TPSA) is 80.3 Å². The Kier molecular flexibility index (Phi) is 8.54. The summed E-state index contributed by atoms with van der Waals surface area (Å²) in [6, 6.07) is 24.7. The Hall–Kier alpha value is -3.88. The number of ether oxygens (including phenoxy) is 1. The molecule has 1 atom stereocenters. The van der Waals surface area contributed by atoms with Gasteiger partial charge in [-0.3, -0.25) is 9.59 Å². The van der Waals surface area contributed by atoms with Gasteiger partial charge in [0.2, 0.25) is 11.8 Å². The van der Waals surface area contributed by atoms with Crippen LogP contribution in [0.25, 0.3) is 17.3 Å². The number of thiazole rings is 1. The molecule has 2 amide bonds. The third-order valence-electron chi connectivity index (χ3n) is 5.15. The Morgan fingerprint density at radius 2 is 1.69 bits per heavy atom. The second kappa shape index (κ2) is 12.2. The zero-order valence-electron chi connectivity index (χ0n) is 19.8. The lowest BCUT2D eigenvalue weighted by Crippen LogP contribution is -2.22. The predicted molar refractivity (Wildman–Crippen MR) is 149 cm³/mol. The van der Waals surface area contributed by atoms with Crippen molar-refractivity contribution in [2.24, 2.45) is 0 Å². The summed E-state index contributed by atoms with van der Waals surface area (Å²) in [5.41, 5.74) is 3.28. The van der Waals surface area contributed by atoms with Gasteiger partial charge in [-0.25, -0.2) is 4.98 Å². The van der Waals surface area contributed by atoms with E-state index in [0.717, 1.165) is 27.5 Å². The number of methoxy groups -OCH3 is 1. The molecule has 0 spiro atoms. The molecule has 1 unspecified atom stereocenters. The number of nitrogens with zero attached hydrogens (tertiary/aromatic N) is 1. The van der Waals surface area contributed by atoms with Crippen LogP contribution in [-0.2, 0) is 9.59 Å². The first-order chi connectivity index (χ1) is 17.5. The van der Waals surface area contributed by atoms with Gasteiger partial charge < -0.3 is 15.4 Å². The molecule has 0 aliphatic heterocycles. The average molecular weight is 516 g/mol. The number of benzene rings is 3. The number of rotatable bonds is 9. The van der Waals surface area contributed by atoms with Crippen LogP contribution in [0.3, 0.4) is 0 Å². The van der Waals surface area contributed by atoms with Crippen LogP contribution >= 0.6 is 23.1 Å². The predicted octanol–water partition coefficient (Wildman–Crippen LogP) is 6.59. The monoisotopic (exact) mass is 515 g/mol. The Morgan fingerprint density at radius 3 is 2.44 bits per heavy atom. The van der Waals surface area contributed by atoms with Gasteiger partial charge >= 0.3 is 0 Å². The molecule has 4 aromatic rings. The summed E-state index contributed by atoms with van der Waals surface area (Å²) in [6.07, 6.45) is 3.27.